The van der Waals surface area contributed by atoms with Crippen LogP contribution in [0.5, 0.6) is 0 Å². The van der Waals surface area contributed by atoms with Crippen molar-refractivity contribution in [2.75, 3.05) is 13.2 Å². The summed E-state index contributed by atoms with van der Waals surface area (Å²) in [6, 6.07) is 0.144. The molecule has 0 bridgehead atoms. The average Bonchev–Trinajstić information content (AvgIpc) is 2.76. The summed E-state index contributed by atoms with van der Waals surface area (Å²) < 4.78 is 0. The van der Waals surface area contributed by atoms with Crippen LogP contribution in [-0.4, -0.2) is 35.7 Å². The molecule has 0 aromatic carbocycles. The Balaban J connectivity index is 2.43. The van der Waals surface area contributed by atoms with Crippen molar-refractivity contribution in [3.8, 4) is 0 Å². The molecule has 0 aromatic heterocycles. The van der Waals surface area contributed by atoms with Crippen LogP contribution in [0.15, 0.2) is 0 Å². The van der Waals surface area contributed by atoms with Gasteiger partial charge in [-0.15, -0.1) is 0 Å². The van der Waals surface area contributed by atoms with Crippen LogP contribution in [0.3, 0.4) is 0 Å². The fourth-order valence-electron chi connectivity index (χ4n) is 2.29. The van der Waals surface area contributed by atoms with E-state index in [2.05, 4.69) is 17.6 Å². The van der Waals surface area contributed by atoms with Gasteiger partial charge >= 0.3 is 0 Å². The lowest BCUT2D eigenvalue weighted by Gasteiger charge is -2.28. The summed E-state index contributed by atoms with van der Waals surface area (Å²) in [6.07, 6.45) is 4.43. The zero-order valence-electron chi connectivity index (χ0n) is 10.4. The molecule has 2 atom stereocenters. The molecule has 1 saturated heterocycles. The van der Waals surface area contributed by atoms with Crippen molar-refractivity contribution >= 4 is 5.91 Å². The highest BCUT2D eigenvalue weighted by Gasteiger charge is 2.39. The number of rotatable bonds is 6. The van der Waals surface area contributed by atoms with Crippen molar-refractivity contribution in [3.05, 3.63) is 0 Å². The van der Waals surface area contributed by atoms with Crippen LogP contribution >= 0.6 is 0 Å². The molecule has 4 nitrogen and oxygen atoms in total. The van der Waals surface area contributed by atoms with Crippen molar-refractivity contribution in [1.29, 1.82) is 0 Å². The summed E-state index contributed by atoms with van der Waals surface area (Å²) in [5.41, 5.74) is -0.340. The van der Waals surface area contributed by atoms with E-state index in [0.717, 1.165) is 38.6 Å². The zero-order valence-corrected chi connectivity index (χ0v) is 10.4. The van der Waals surface area contributed by atoms with Crippen LogP contribution in [0.2, 0.25) is 0 Å². The summed E-state index contributed by atoms with van der Waals surface area (Å²) in [7, 11) is 0. The predicted octanol–water partition coefficient (Wildman–Crippen LogP) is 0.796. The van der Waals surface area contributed by atoms with Gasteiger partial charge in [-0.3, -0.25) is 4.79 Å². The first-order chi connectivity index (χ1) is 7.64. The zero-order chi connectivity index (χ0) is 12.0. The van der Waals surface area contributed by atoms with E-state index >= 15 is 0 Å². The van der Waals surface area contributed by atoms with Gasteiger partial charge in [0.15, 0.2) is 0 Å². The van der Waals surface area contributed by atoms with Gasteiger partial charge in [-0.05, 0) is 45.6 Å². The Morgan fingerprint density at radius 1 is 1.62 bits per heavy atom. The number of aliphatic hydroxyl groups excluding tert-OH is 1. The van der Waals surface area contributed by atoms with Gasteiger partial charge in [0.1, 0.15) is 0 Å². The van der Waals surface area contributed by atoms with Gasteiger partial charge in [0.25, 0.3) is 0 Å². The van der Waals surface area contributed by atoms with E-state index in [9.17, 15) is 4.79 Å². The first-order valence-corrected chi connectivity index (χ1v) is 6.31. The number of hydrogen-bond donors (Lipinski definition) is 3. The molecule has 16 heavy (non-hydrogen) atoms. The van der Waals surface area contributed by atoms with Gasteiger partial charge in [-0.1, -0.05) is 6.92 Å². The molecule has 1 heterocycles. The van der Waals surface area contributed by atoms with Gasteiger partial charge in [-0.25, -0.2) is 0 Å². The summed E-state index contributed by atoms with van der Waals surface area (Å²) in [4.78, 5) is 12.1. The lowest BCUT2D eigenvalue weighted by atomic mass is 9.92. The fraction of sp³-hybridized carbons (Fsp3) is 0.917. The molecule has 4 heteroatoms. The van der Waals surface area contributed by atoms with Gasteiger partial charge < -0.3 is 15.7 Å². The van der Waals surface area contributed by atoms with Crippen molar-refractivity contribution in [2.45, 2.75) is 57.5 Å². The number of carbonyl (C=O) groups is 1. The van der Waals surface area contributed by atoms with E-state index in [1.165, 1.54) is 0 Å². The van der Waals surface area contributed by atoms with Crippen LogP contribution in [0, 0.1) is 0 Å². The highest BCUT2D eigenvalue weighted by molar-refractivity contribution is 5.86. The average molecular weight is 228 g/mol. The lowest BCUT2D eigenvalue weighted by molar-refractivity contribution is -0.128. The highest BCUT2D eigenvalue weighted by atomic mass is 16.3. The number of hydrogen-bond acceptors (Lipinski definition) is 3. The molecule has 0 spiro atoms. The molecule has 1 rings (SSSR count). The molecular formula is C12H24N2O2. The SMILES string of the molecule is CCC1(C(=O)NC(C)CCCO)CCCN1. The summed E-state index contributed by atoms with van der Waals surface area (Å²) in [6.45, 7) is 5.17. The number of aliphatic hydroxyl groups is 1. The third kappa shape index (κ3) is 3.19. The standard InChI is InChI=1S/C12H24N2O2/c1-3-12(7-5-8-13-12)11(16)14-10(2)6-4-9-15/h10,13,15H,3-9H2,1-2H3,(H,14,16). The maximum Gasteiger partial charge on any atom is 0.240 e. The van der Waals surface area contributed by atoms with E-state index in [1.54, 1.807) is 0 Å². The second-order valence-electron chi connectivity index (χ2n) is 4.71. The van der Waals surface area contributed by atoms with E-state index in [-0.39, 0.29) is 24.1 Å². The number of carbonyl (C=O) groups excluding carboxylic acids is 1. The number of nitrogens with one attached hydrogen (secondary N) is 2. The molecule has 1 fully saturated rings. The minimum atomic E-state index is -0.340. The van der Waals surface area contributed by atoms with Gasteiger partial charge in [-0.2, -0.15) is 0 Å². The van der Waals surface area contributed by atoms with Gasteiger partial charge in [0, 0.05) is 12.6 Å². The minimum absolute atomic E-state index is 0.123. The normalized spacial score (nSPS) is 26.7. The topological polar surface area (TPSA) is 61.4 Å². The Morgan fingerprint density at radius 2 is 2.38 bits per heavy atom. The van der Waals surface area contributed by atoms with E-state index in [0.29, 0.717) is 0 Å². The molecule has 1 amide bonds. The quantitative estimate of drug-likeness (QED) is 0.630. The third-order valence-electron chi connectivity index (χ3n) is 3.45. The summed E-state index contributed by atoms with van der Waals surface area (Å²) in [5.74, 6) is 0.123. The fourth-order valence-corrected chi connectivity index (χ4v) is 2.29. The van der Waals surface area contributed by atoms with Crippen molar-refractivity contribution in [3.63, 3.8) is 0 Å². The van der Waals surface area contributed by atoms with Crippen molar-refractivity contribution in [1.82, 2.24) is 10.6 Å². The molecular weight excluding hydrogens is 204 g/mol. The Hall–Kier alpha value is -0.610. The van der Waals surface area contributed by atoms with Crippen molar-refractivity contribution in [2.24, 2.45) is 0 Å². The predicted molar refractivity (Wildman–Crippen MR) is 64.2 cm³/mol. The molecule has 0 aromatic rings. The van der Waals surface area contributed by atoms with Gasteiger partial charge in [0.05, 0.1) is 5.54 Å². The number of amides is 1. The Bertz CT molecular complexity index is 225. The molecule has 0 radical (unpaired) electrons. The maximum atomic E-state index is 12.1. The molecule has 1 aliphatic rings. The Kier molecular flexibility index (Phi) is 5.22. The van der Waals surface area contributed by atoms with Crippen LogP contribution < -0.4 is 10.6 Å². The van der Waals surface area contributed by atoms with Crippen molar-refractivity contribution < 1.29 is 9.90 Å². The molecule has 94 valence electrons. The Labute approximate surface area is 97.8 Å². The van der Waals surface area contributed by atoms with Crippen LogP contribution in [0.1, 0.15) is 46.0 Å². The second kappa shape index (κ2) is 6.21. The minimum Gasteiger partial charge on any atom is -0.396 e. The Morgan fingerprint density at radius 3 is 2.88 bits per heavy atom. The van der Waals surface area contributed by atoms with E-state index in [4.69, 9.17) is 5.11 Å². The van der Waals surface area contributed by atoms with Crippen LogP contribution in [0.25, 0.3) is 0 Å². The molecule has 2 unspecified atom stereocenters. The highest BCUT2D eigenvalue weighted by Crippen LogP contribution is 2.23. The van der Waals surface area contributed by atoms with Crippen LogP contribution in [-0.2, 0) is 4.79 Å². The molecule has 1 aliphatic heterocycles. The lowest BCUT2D eigenvalue weighted by Crippen LogP contribution is -2.54. The first-order valence-electron chi connectivity index (χ1n) is 6.31. The van der Waals surface area contributed by atoms with E-state index in [1.807, 2.05) is 6.92 Å². The maximum absolute atomic E-state index is 12.1. The first kappa shape index (κ1) is 13.5. The third-order valence-corrected chi connectivity index (χ3v) is 3.45. The second-order valence-corrected chi connectivity index (χ2v) is 4.71. The van der Waals surface area contributed by atoms with Gasteiger partial charge in [0.2, 0.25) is 5.91 Å². The summed E-state index contributed by atoms with van der Waals surface area (Å²) >= 11 is 0. The van der Waals surface area contributed by atoms with E-state index < -0.39 is 0 Å². The monoisotopic (exact) mass is 228 g/mol. The summed E-state index contributed by atoms with van der Waals surface area (Å²) in [5, 5.41) is 15.1. The smallest absolute Gasteiger partial charge is 0.240 e. The molecule has 3 N–H and O–H groups in total. The van der Waals surface area contributed by atoms with Crippen LogP contribution in [0.4, 0.5) is 0 Å². The molecule has 0 aliphatic carbocycles. The largest absolute Gasteiger partial charge is 0.396 e. The molecule has 0 saturated carbocycles.